The number of hydrogen-bond acceptors (Lipinski definition) is 10. The topological polar surface area (TPSA) is 183 Å². The van der Waals surface area contributed by atoms with Crippen molar-refractivity contribution in [3.63, 3.8) is 0 Å². The molecule has 2 atom stereocenters. The highest BCUT2D eigenvalue weighted by Gasteiger charge is 2.31. The number of methoxy groups -OCH3 is 2. The summed E-state index contributed by atoms with van der Waals surface area (Å²) in [6.45, 7) is 3.60. The van der Waals surface area contributed by atoms with Crippen molar-refractivity contribution < 1.29 is 28.7 Å². The lowest BCUT2D eigenvalue weighted by Crippen LogP contribution is -2.45. The summed E-state index contributed by atoms with van der Waals surface area (Å²) >= 11 is 1.71. The minimum atomic E-state index is -0.657. The molecule has 1 fully saturated rings. The van der Waals surface area contributed by atoms with Crippen molar-refractivity contribution >= 4 is 46.5 Å². The van der Waals surface area contributed by atoms with Crippen LogP contribution in [0.3, 0.4) is 0 Å². The van der Waals surface area contributed by atoms with Crippen LogP contribution in [0.25, 0.3) is 44.4 Å². The van der Waals surface area contributed by atoms with E-state index < -0.39 is 12.1 Å². The van der Waals surface area contributed by atoms with Crippen molar-refractivity contribution in [1.82, 2.24) is 40.8 Å². The van der Waals surface area contributed by atoms with Crippen molar-refractivity contribution in [2.24, 2.45) is 0 Å². The van der Waals surface area contributed by atoms with Gasteiger partial charge in [-0.05, 0) is 90.0 Å². The van der Waals surface area contributed by atoms with E-state index in [1.807, 2.05) is 40.2 Å². The Hall–Kier alpha value is -6.32. The van der Waals surface area contributed by atoms with Crippen LogP contribution in [-0.2, 0) is 30.3 Å². The van der Waals surface area contributed by atoms with Gasteiger partial charge in [0, 0.05) is 25.1 Å². The SMILES string of the molecule is CNCC(=O)N1CCCC1c1ncc(-c2ccc(-c3ccc4cc(-c5cnc(CCCCNC(=O)[C@H](C)NC(=O)OC)[nH]5)ccc4c3)cc2)[nH]1.COC=O.c1ccsc1. The summed E-state index contributed by atoms with van der Waals surface area (Å²) in [7, 11) is 4.37. The van der Waals surface area contributed by atoms with Crippen LogP contribution in [0.4, 0.5) is 4.79 Å². The predicted octanol–water partition coefficient (Wildman–Crippen LogP) is 6.89. The van der Waals surface area contributed by atoms with Crippen LogP contribution in [-0.4, -0.2) is 96.2 Å². The number of hydrogen-bond donors (Lipinski definition) is 5. The fourth-order valence-electron chi connectivity index (χ4n) is 6.64. The van der Waals surface area contributed by atoms with E-state index in [1.54, 1.807) is 25.3 Å². The average molecular weight is 821 g/mol. The maximum atomic E-state index is 12.5. The van der Waals surface area contributed by atoms with E-state index in [0.717, 1.165) is 94.7 Å². The van der Waals surface area contributed by atoms with E-state index in [0.29, 0.717) is 19.6 Å². The van der Waals surface area contributed by atoms with Crippen molar-refractivity contribution in [1.29, 1.82) is 0 Å². The molecule has 0 saturated carbocycles. The number of rotatable bonds is 14. The first-order valence-corrected chi connectivity index (χ1v) is 20.4. The number of H-pyrrole nitrogens is 2. The fourth-order valence-corrected chi connectivity index (χ4v) is 7.09. The number of nitrogens with one attached hydrogen (secondary N) is 5. The van der Waals surface area contributed by atoms with Gasteiger partial charge in [0.2, 0.25) is 11.8 Å². The molecule has 1 aliphatic rings. The van der Waals surface area contributed by atoms with Crippen molar-refractivity contribution in [2.75, 3.05) is 40.9 Å². The predicted molar refractivity (Wildman–Crippen MR) is 231 cm³/mol. The molecule has 59 heavy (non-hydrogen) atoms. The molecular weight excluding hydrogens is 769 g/mol. The average Bonchev–Trinajstić information content (AvgIpc) is 4.12. The largest absolute Gasteiger partial charge is 0.471 e. The zero-order valence-electron chi connectivity index (χ0n) is 33.8. The van der Waals surface area contributed by atoms with Crippen LogP contribution >= 0.6 is 11.3 Å². The van der Waals surface area contributed by atoms with Gasteiger partial charge in [-0.2, -0.15) is 11.3 Å². The first-order chi connectivity index (χ1) is 28.7. The third kappa shape index (κ3) is 12.6. The zero-order chi connectivity index (χ0) is 42.0. The molecule has 14 nitrogen and oxygen atoms in total. The molecule has 7 rings (SSSR count). The first kappa shape index (κ1) is 43.8. The lowest BCUT2D eigenvalue weighted by molar-refractivity contribution is -0.131. The highest BCUT2D eigenvalue weighted by atomic mass is 32.1. The molecule has 0 radical (unpaired) electrons. The van der Waals surface area contributed by atoms with E-state index in [4.69, 9.17) is 4.79 Å². The second-order valence-corrected chi connectivity index (χ2v) is 14.6. The third-order valence-electron chi connectivity index (χ3n) is 9.70. The Bertz CT molecular complexity index is 2220. The van der Waals surface area contributed by atoms with E-state index in [1.165, 1.54) is 14.2 Å². The minimum Gasteiger partial charge on any atom is -0.471 e. The van der Waals surface area contributed by atoms with Crippen molar-refractivity contribution in [3.8, 4) is 33.6 Å². The second-order valence-electron chi connectivity index (χ2n) is 13.8. The molecule has 15 heteroatoms. The van der Waals surface area contributed by atoms with Gasteiger partial charge < -0.3 is 40.3 Å². The Morgan fingerprint density at radius 2 is 1.54 bits per heavy atom. The molecule has 0 bridgehead atoms. The number of unbranched alkanes of at least 4 members (excludes halogenated alkanes) is 1. The van der Waals surface area contributed by atoms with E-state index in [9.17, 15) is 14.4 Å². The summed E-state index contributed by atoms with van der Waals surface area (Å²) in [5, 5.41) is 14.6. The molecule has 4 heterocycles. The Labute approximate surface area is 348 Å². The first-order valence-electron chi connectivity index (χ1n) is 19.5. The molecule has 1 aliphatic heterocycles. The van der Waals surface area contributed by atoms with Crippen LogP contribution in [0.5, 0.6) is 0 Å². The number of likely N-dealkylation sites (N-methyl/N-ethyl adjacent to an activating group) is 1. The van der Waals surface area contributed by atoms with Gasteiger partial charge in [-0.1, -0.05) is 60.7 Å². The summed E-state index contributed by atoms with van der Waals surface area (Å²) in [6, 6.07) is 24.8. The molecular formula is C44H52N8O6S. The number of nitrogens with zero attached hydrogens (tertiary/aromatic N) is 3. The molecule has 6 aromatic rings. The molecule has 5 N–H and O–H groups in total. The molecule has 3 amide bonds. The second kappa shape index (κ2) is 22.6. The molecule has 0 aliphatic carbocycles. The number of carbonyl (C=O) groups is 4. The van der Waals surface area contributed by atoms with Gasteiger partial charge in [0.25, 0.3) is 6.47 Å². The Kier molecular flexibility index (Phi) is 16.8. The van der Waals surface area contributed by atoms with Crippen LogP contribution in [0.2, 0.25) is 0 Å². The number of fused-ring (bicyclic) bond motifs is 1. The highest BCUT2D eigenvalue weighted by Crippen LogP contribution is 2.33. The maximum Gasteiger partial charge on any atom is 0.407 e. The van der Waals surface area contributed by atoms with Crippen molar-refractivity contribution in [3.05, 3.63) is 108 Å². The Balaban J connectivity index is 0.000000657. The van der Waals surface area contributed by atoms with Gasteiger partial charge >= 0.3 is 6.09 Å². The Morgan fingerprint density at radius 3 is 2.20 bits per heavy atom. The number of carbonyl (C=O) groups excluding carboxylic acids is 4. The number of alkyl carbamates (subject to hydrolysis) is 1. The standard InChI is InChI=1S/C38H44N8O4.C4H4S.C2H4O2/c1-24(43-38(49)50-3)37(48)40-17-5-4-8-34-41-21-32(44-34)30-16-15-28-19-27(13-14-29(28)20-30)25-9-11-26(12-10-25)31-22-42-36(45-31)33-7-6-18-46(33)35(47)23-39-2;1-2-4-5-3-1;1-4-2-3/h9-16,19-22,24,33,39H,4-8,17-18,23H2,1-3H3,(H,40,48)(H,41,44)(H,42,45)(H,43,49);1-4H;2H,1H3/t24-,33?;;/m0../s1. The molecule has 310 valence electrons. The Morgan fingerprint density at radius 1 is 0.898 bits per heavy atom. The van der Waals surface area contributed by atoms with Gasteiger partial charge in [0.05, 0.1) is 50.6 Å². The fraction of sp³-hybridized carbons (Fsp3) is 0.318. The quantitative estimate of drug-likeness (QED) is 0.0577. The van der Waals surface area contributed by atoms with Gasteiger partial charge in [0.15, 0.2) is 0 Å². The molecule has 1 saturated heterocycles. The third-order valence-corrected chi connectivity index (χ3v) is 10.3. The number of aromatic amines is 2. The lowest BCUT2D eigenvalue weighted by atomic mass is 9.98. The monoisotopic (exact) mass is 820 g/mol. The molecule has 3 aromatic carbocycles. The van der Waals surface area contributed by atoms with E-state index >= 15 is 0 Å². The molecule has 1 unspecified atom stereocenters. The molecule has 3 aromatic heterocycles. The number of likely N-dealkylation sites (tertiary alicyclic amines) is 1. The summed E-state index contributed by atoms with van der Waals surface area (Å²) in [6.07, 6.45) is 7.40. The zero-order valence-corrected chi connectivity index (χ0v) is 34.6. The van der Waals surface area contributed by atoms with E-state index in [2.05, 4.69) is 106 Å². The number of amides is 3. The van der Waals surface area contributed by atoms with Crippen LogP contribution in [0.15, 0.2) is 96.0 Å². The van der Waals surface area contributed by atoms with Crippen LogP contribution < -0.4 is 16.0 Å². The number of benzene rings is 3. The summed E-state index contributed by atoms with van der Waals surface area (Å²) in [4.78, 5) is 62.9. The number of aromatic nitrogens is 4. The number of imidazole rings is 2. The minimum absolute atomic E-state index is 0.00976. The summed E-state index contributed by atoms with van der Waals surface area (Å²) < 4.78 is 8.39. The smallest absolute Gasteiger partial charge is 0.407 e. The van der Waals surface area contributed by atoms with Crippen molar-refractivity contribution in [2.45, 2.75) is 51.1 Å². The highest BCUT2D eigenvalue weighted by molar-refractivity contribution is 7.07. The number of ether oxygens (including phenoxy) is 2. The summed E-state index contributed by atoms with van der Waals surface area (Å²) in [5.74, 6) is 1.60. The van der Waals surface area contributed by atoms with Crippen LogP contribution in [0, 0.1) is 0 Å². The molecule has 0 spiro atoms. The van der Waals surface area contributed by atoms with Gasteiger partial charge in [0.1, 0.15) is 17.7 Å². The number of thiophene rings is 1. The van der Waals surface area contributed by atoms with Crippen LogP contribution in [0.1, 0.15) is 50.3 Å². The summed E-state index contributed by atoms with van der Waals surface area (Å²) in [5.41, 5.74) is 6.29. The van der Waals surface area contributed by atoms with Gasteiger partial charge in [-0.3, -0.25) is 14.4 Å². The van der Waals surface area contributed by atoms with Gasteiger partial charge in [-0.15, -0.1) is 0 Å². The van der Waals surface area contributed by atoms with E-state index in [-0.39, 0.29) is 17.9 Å². The number of aryl methyl sites for hydroxylation is 1. The normalized spacial score (nSPS) is 13.6. The van der Waals surface area contributed by atoms with Gasteiger partial charge in [-0.25, -0.2) is 14.8 Å². The lowest BCUT2D eigenvalue weighted by Gasteiger charge is -2.23. The maximum absolute atomic E-state index is 12.5.